The Morgan fingerprint density at radius 3 is 2.87 bits per heavy atom. The fraction of sp³-hybridized carbons (Fsp3) is 0.294. The van der Waals surface area contributed by atoms with E-state index in [4.69, 9.17) is 4.74 Å². The highest BCUT2D eigenvalue weighted by molar-refractivity contribution is 7.12. The van der Waals surface area contributed by atoms with Crippen LogP contribution in [0.3, 0.4) is 0 Å². The first-order chi connectivity index (χ1) is 11.0. The molecule has 2 aromatic rings. The van der Waals surface area contributed by atoms with Crippen molar-refractivity contribution in [3.8, 4) is 0 Å². The number of nitrogens with zero attached hydrogens (tertiary/aromatic N) is 1. The van der Waals surface area contributed by atoms with Gasteiger partial charge in [-0.05, 0) is 48.6 Å². The molecule has 2 heterocycles. The number of carbonyl (C=O) groups is 2. The van der Waals surface area contributed by atoms with E-state index >= 15 is 0 Å². The Balaban J connectivity index is 1.61. The maximum Gasteiger partial charge on any atom is 0.414 e. The molecule has 1 aliphatic heterocycles. The van der Waals surface area contributed by atoms with Gasteiger partial charge in [0.2, 0.25) is 0 Å². The van der Waals surface area contributed by atoms with Gasteiger partial charge in [-0.15, -0.1) is 11.3 Å². The molecule has 1 unspecified atom stereocenters. The lowest BCUT2D eigenvalue weighted by Gasteiger charge is -2.14. The minimum absolute atomic E-state index is 0.138. The Hall–Kier alpha value is -2.34. The van der Waals surface area contributed by atoms with Crippen LogP contribution in [0.15, 0.2) is 35.7 Å². The Morgan fingerprint density at radius 2 is 2.17 bits per heavy atom. The van der Waals surface area contributed by atoms with Crippen LogP contribution in [0.25, 0.3) is 0 Å². The number of carbonyl (C=O) groups excluding carboxylic acids is 2. The van der Waals surface area contributed by atoms with E-state index in [-0.39, 0.29) is 18.1 Å². The summed E-state index contributed by atoms with van der Waals surface area (Å²) in [6.45, 7) is 4.79. The maximum absolute atomic E-state index is 12.0. The molecular weight excluding hydrogens is 312 g/mol. The van der Waals surface area contributed by atoms with Crippen molar-refractivity contribution in [1.82, 2.24) is 5.32 Å². The molecule has 120 valence electrons. The van der Waals surface area contributed by atoms with Gasteiger partial charge in [0, 0.05) is 5.69 Å². The lowest BCUT2D eigenvalue weighted by atomic mass is 10.1. The van der Waals surface area contributed by atoms with E-state index in [1.165, 1.54) is 16.9 Å². The third-order valence-electron chi connectivity index (χ3n) is 3.91. The van der Waals surface area contributed by atoms with Crippen LogP contribution in [0.2, 0.25) is 0 Å². The monoisotopic (exact) mass is 330 g/mol. The van der Waals surface area contributed by atoms with Crippen molar-refractivity contribution in [3.63, 3.8) is 0 Å². The van der Waals surface area contributed by atoms with Crippen LogP contribution in [0.4, 0.5) is 10.5 Å². The number of hydrogen-bond acceptors (Lipinski definition) is 4. The van der Waals surface area contributed by atoms with Crippen LogP contribution in [0.5, 0.6) is 0 Å². The zero-order valence-corrected chi connectivity index (χ0v) is 13.9. The molecule has 1 fully saturated rings. The topological polar surface area (TPSA) is 58.6 Å². The first-order valence-electron chi connectivity index (χ1n) is 7.41. The molecule has 1 atom stereocenters. The lowest BCUT2D eigenvalue weighted by Crippen LogP contribution is -2.34. The number of aryl methyl sites for hydroxylation is 2. The molecule has 1 saturated heterocycles. The molecule has 0 bridgehead atoms. The summed E-state index contributed by atoms with van der Waals surface area (Å²) in [5.74, 6) is -0.138. The molecule has 1 aromatic heterocycles. The molecule has 0 saturated carbocycles. The molecule has 0 aliphatic carbocycles. The Morgan fingerprint density at radius 1 is 1.35 bits per heavy atom. The number of rotatable bonds is 4. The molecule has 3 rings (SSSR count). The Kier molecular flexibility index (Phi) is 4.34. The molecule has 23 heavy (non-hydrogen) atoms. The third-order valence-corrected chi connectivity index (χ3v) is 4.78. The van der Waals surface area contributed by atoms with Gasteiger partial charge in [0.05, 0.1) is 18.0 Å². The third kappa shape index (κ3) is 3.37. The molecule has 0 spiro atoms. The van der Waals surface area contributed by atoms with Crippen molar-refractivity contribution in [1.29, 1.82) is 0 Å². The van der Waals surface area contributed by atoms with E-state index in [2.05, 4.69) is 5.32 Å². The van der Waals surface area contributed by atoms with Crippen LogP contribution in [-0.4, -0.2) is 31.2 Å². The molecule has 1 aromatic carbocycles. The first kappa shape index (κ1) is 15.6. The smallest absolute Gasteiger partial charge is 0.414 e. The summed E-state index contributed by atoms with van der Waals surface area (Å²) >= 11 is 1.38. The summed E-state index contributed by atoms with van der Waals surface area (Å²) in [5, 5.41) is 4.66. The van der Waals surface area contributed by atoms with Gasteiger partial charge < -0.3 is 10.1 Å². The number of nitrogens with one attached hydrogen (secondary N) is 1. The van der Waals surface area contributed by atoms with Crippen LogP contribution in [0, 0.1) is 13.8 Å². The van der Waals surface area contributed by atoms with E-state index < -0.39 is 0 Å². The standard InChI is InChI=1S/C17H18N2O3S/c1-11-5-6-13(8-12(11)2)19-10-14(22-17(19)21)9-18-16(20)15-4-3-7-23-15/h3-8,14H,9-10H2,1-2H3,(H,18,20). The molecule has 1 N–H and O–H groups in total. The van der Waals surface area contributed by atoms with Gasteiger partial charge in [0.1, 0.15) is 6.10 Å². The van der Waals surface area contributed by atoms with Crippen LogP contribution >= 0.6 is 11.3 Å². The van der Waals surface area contributed by atoms with E-state index in [0.29, 0.717) is 18.0 Å². The van der Waals surface area contributed by atoms with Crippen LogP contribution in [-0.2, 0) is 4.74 Å². The predicted octanol–water partition coefficient (Wildman–Crippen LogP) is 3.12. The van der Waals surface area contributed by atoms with Gasteiger partial charge in [-0.3, -0.25) is 9.69 Å². The summed E-state index contributed by atoms with van der Waals surface area (Å²) in [5.41, 5.74) is 3.14. The van der Waals surface area contributed by atoms with Crippen molar-refractivity contribution in [3.05, 3.63) is 51.7 Å². The highest BCUT2D eigenvalue weighted by atomic mass is 32.1. The summed E-state index contributed by atoms with van der Waals surface area (Å²) < 4.78 is 5.34. The minimum atomic E-state index is -0.372. The number of anilines is 1. The SMILES string of the molecule is Cc1ccc(N2CC(CNC(=O)c3cccs3)OC2=O)cc1C. The fourth-order valence-electron chi connectivity index (χ4n) is 2.43. The van der Waals surface area contributed by atoms with Crippen molar-refractivity contribution < 1.29 is 14.3 Å². The second-order valence-electron chi connectivity index (χ2n) is 5.57. The molecule has 6 heteroatoms. The number of amides is 2. The average Bonchev–Trinajstić information content (AvgIpc) is 3.17. The van der Waals surface area contributed by atoms with Gasteiger partial charge >= 0.3 is 6.09 Å². The Bertz CT molecular complexity index is 727. The van der Waals surface area contributed by atoms with Gasteiger partial charge in [0.15, 0.2) is 0 Å². The fourth-order valence-corrected chi connectivity index (χ4v) is 3.07. The summed E-state index contributed by atoms with van der Waals surface area (Å²) in [6.07, 6.45) is -0.711. The van der Waals surface area contributed by atoms with E-state index in [1.54, 1.807) is 11.0 Å². The number of thiophene rings is 1. The summed E-state index contributed by atoms with van der Waals surface area (Å²) in [4.78, 5) is 26.2. The number of ether oxygens (including phenoxy) is 1. The second-order valence-corrected chi connectivity index (χ2v) is 6.52. The van der Waals surface area contributed by atoms with Gasteiger partial charge in [-0.25, -0.2) is 4.79 Å². The van der Waals surface area contributed by atoms with Crippen LogP contribution in [0.1, 0.15) is 20.8 Å². The lowest BCUT2D eigenvalue weighted by molar-refractivity contribution is 0.0920. The van der Waals surface area contributed by atoms with E-state index in [0.717, 1.165) is 11.3 Å². The number of benzene rings is 1. The van der Waals surface area contributed by atoms with E-state index in [9.17, 15) is 9.59 Å². The number of cyclic esters (lactones) is 1. The largest absolute Gasteiger partial charge is 0.442 e. The van der Waals surface area contributed by atoms with Crippen molar-refractivity contribution >= 4 is 29.0 Å². The van der Waals surface area contributed by atoms with Gasteiger partial charge in [-0.2, -0.15) is 0 Å². The zero-order chi connectivity index (χ0) is 16.4. The molecular formula is C17H18N2O3S. The minimum Gasteiger partial charge on any atom is -0.442 e. The first-order valence-corrected chi connectivity index (χ1v) is 8.29. The quantitative estimate of drug-likeness (QED) is 0.937. The second kappa shape index (κ2) is 6.42. The molecule has 2 amide bonds. The highest BCUT2D eigenvalue weighted by Gasteiger charge is 2.32. The van der Waals surface area contributed by atoms with Crippen molar-refractivity contribution in [2.75, 3.05) is 18.0 Å². The molecule has 5 nitrogen and oxygen atoms in total. The summed E-state index contributed by atoms with van der Waals surface area (Å²) in [6, 6.07) is 9.47. The summed E-state index contributed by atoms with van der Waals surface area (Å²) in [7, 11) is 0. The average molecular weight is 330 g/mol. The van der Waals surface area contributed by atoms with Crippen molar-refractivity contribution in [2.24, 2.45) is 0 Å². The van der Waals surface area contributed by atoms with Crippen LogP contribution < -0.4 is 10.2 Å². The highest BCUT2D eigenvalue weighted by Crippen LogP contribution is 2.24. The Labute approximate surface area is 138 Å². The van der Waals surface area contributed by atoms with E-state index in [1.807, 2.05) is 43.5 Å². The predicted molar refractivity (Wildman–Crippen MR) is 90.2 cm³/mol. The number of hydrogen-bond donors (Lipinski definition) is 1. The van der Waals surface area contributed by atoms with Gasteiger partial charge in [0.25, 0.3) is 5.91 Å². The molecule has 1 aliphatic rings. The van der Waals surface area contributed by atoms with Crippen molar-refractivity contribution in [2.45, 2.75) is 20.0 Å². The van der Waals surface area contributed by atoms with Gasteiger partial charge in [-0.1, -0.05) is 12.1 Å². The maximum atomic E-state index is 12.0. The normalized spacial score (nSPS) is 17.2. The zero-order valence-electron chi connectivity index (χ0n) is 13.0. The molecule has 0 radical (unpaired) electrons.